The van der Waals surface area contributed by atoms with E-state index in [9.17, 15) is 30.3 Å². The Hall–Kier alpha value is 2.05. The van der Waals surface area contributed by atoms with Gasteiger partial charge >= 0.3 is 0 Å². The zero-order valence-corrected chi connectivity index (χ0v) is 29.1. The third-order valence-corrected chi connectivity index (χ3v) is 8.82. The predicted molar refractivity (Wildman–Crippen MR) is 106 cm³/mol. The summed E-state index contributed by atoms with van der Waals surface area (Å²) in [5.74, 6) is -2.04. The molecule has 0 aromatic heterocycles. The van der Waals surface area contributed by atoms with Crippen LogP contribution in [0, 0.1) is 111 Å². The summed E-state index contributed by atoms with van der Waals surface area (Å²) in [5, 5.41) is 55.7. The van der Waals surface area contributed by atoms with Gasteiger partial charge in [0.15, 0.2) is 5.78 Å². The van der Waals surface area contributed by atoms with Gasteiger partial charge in [0.2, 0.25) is 0 Å². The summed E-state index contributed by atoms with van der Waals surface area (Å²) < 4.78 is 5.49. The molecule has 9 heteroatoms. The second-order valence-electron chi connectivity index (χ2n) is 10.4. The van der Waals surface area contributed by atoms with Gasteiger partial charge in [-0.15, -0.1) is 0 Å². The molecule has 172 valence electrons. The fraction of sp³-hybridized carbons (Fsp3) is 0.864. The molecular weight excluding hydrogens is 830 g/mol. The second-order valence-corrected chi connectivity index (χ2v) is 10.4. The molecule has 1 heterocycles. The van der Waals surface area contributed by atoms with Crippen LogP contribution in [0.5, 0.6) is 0 Å². The van der Waals surface area contributed by atoms with Crippen LogP contribution >= 0.6 is 0 Å². The normalized spacial score (nSPS) is 49.0. The molecule has 1 aliphatic heterocycles. The molecule has 9 atom stereocenters. The van der Waals surface area contributed by atoms with Crippen molar-refractivity contribution in [2.75, 3.05) is 6.61 Å². The molecule has 7 unspecified atom stereocenters. The Labute approximate surface area is 256 Å². The van der Waals surface area contributed by atoms with Crippen LogP contribution in [0.15, 0.2) is 11.1 Å². The van der Waals surface area contributed by atoms with Crippen molar-refractivity contribution in [1.82, 2.24) is 0 Å². The van der Waals surface area contributed by atoms with Crippen molar-refractivity contribution in [2.24, 2.45) is 22.7 Å². The molecule has 3 rings (SSSR count). The average molecular weight is 867 g/mol. The van der Waals surface area contributed by atoms with Crippen LogP contribution in [0.4, 0.5) is 0 Å². The van der Waals surface area contributed by atoms with Crippen LogP contribution in [0.25, 0.3) is 0 Å². The molecule has 5 N–H and O–H groups in total. The largest absolute Gasteiger partial charge is 0.392 e. The van der Waals surface area contributed by atoms with Gasteiger partial charge in [-0.25, -0.2) is 0 Å². The van der Waals surface area contributed by atoms with Gasteiger partial charge in [0.05, 0.1) is 35.9 Å². The first-order valence-electron chi connectivity index (χ1n) is 10.4. The Morgan fingerprint density at radius 1 is 1.13 bits per heavy atom. The Bertz CT molecular complexity index is 750. The molecule has 2 radical (unpaired) electrons. The van der Waals surface area contributed by atoms with Gasteiger partial charge in [-0.1, -0.05) is 20.8 Å². The monoisotopic (exact) mass is 866 g/mol. The van der Waals surface area contributed by atoms with Crippen molar-refractivity contribution >= 4 is 5.78 Å². The van der Waals surface area contributed by atoms with Crippen LogP contribution < -0.4 is 0 Å². The molecule has 2 aliphatic carbocycles. The summed E-state index contributed by atoms with van der Waals surface area (Å²) in [6.07, 6.45) is -4.23. The minimum absolute atomic E-state index is 0. The molecule has 3 fully saturated rings. The fourth-order valence-corrected chi connectivity index (χ4v) is 6.25. The second kappa shape index (κ2) is 9.84. The van der Waals surface area contributed by atoms with E-state index >= 15 is 0 Å². The summed E-state index contributed by atoms with van der Waals surface area (Å²) in [6.45, 7) is 11.7. The van der Waals surface area contributed by atoms with Crippen LogP contribution in [0.3, 0.4) is 0 Å². The molecule has 0 bridgehead atoms. The quantitative estimate of drug-likeness (QED) is 0.244. The molecule has 0 spiro atoms. The number of fused-ring (bicyclic) bond motifs is 3. The minimum Gasteiger partial charge on any atom is -0.392 e. The number of ketones is 1. The first-order chi connectivity index (χ1) is 13.1. The van der Waals surface area contributed by atoms with Gasteiger partial charge in [-0.3, -0.25) is 4.79 Å². The van der Waals surface area contributed by atoms with Gasteiger partial charge in [0, 0.05) is 106 Å². The fourth-order valence-electron chi connectivity index (χ4n) is 6.25. The van der Waals surface area contributed by atoms with E-state index in [0.29, 0.717) is 5.57 Å². The first kappa shape index (κ1) is 31.1. The summed E-state index contributed by atoms with van der Waals surface area (Å²) in [7, 11) is 0. The van der Waals surface area contributed by atoms with Gasteiger partial charge < -0.3 is 30.3 Å². The maximum Gasteiger partial charge on any atom is 0.174 e. The summed E-state index contributed by atoms with van der Waals surface area (Å²) in [4.78, 5) is 13.7. The number of Topliss-reactive ketones (excluding diaryl/α,β-unsaturated/α-hetero) is 1. The van der Waals surface area contributed by atoms with Gasteiger partial charge in [0.1, 0.15) is 11.7 Å². The Balaban J connectivity index is 0.00000240. The van der Waals surface area contributed by atoms with E-state index in [0.717, 1.165) is 0 Å². The zero-order valence-electron chi connectivity index (χ0n) is 19.6. The Morgan fingerprint density at radius 3 is 2.06 bits per heavy atom. The van der Waals surface area contributed by atoms with Gasteiger partial charge in [-0.2, -0.15) is 0 Å². The van der Waals surface area contributed by atoms with E-state index in [4.69, 9.17) is 4.74 Å². The number of hydrogen-bond donors (Lipinski definition) is 5. The molecule has 31 heavy (non-hydrogen) atoms. The molecular formula is C22H36Ac2O7. The number of hydrogen-bond acceptors (Lipinski definition) is 7. The number of rotatable bonds is 1. The zero-order chi connectivity index (χ0) is 22.3. The Kier molecular flexibility index (Phi) is 9.86. The average Bonchev–Trinajstić information content (AvgIpc) is 2.61. The number of ether oxygens (including phenoxy) is 1. The van der Waals surface area contributed by atoms with Crippen molar-refractivity contribution in [2.45, 2.75) is 90.5 Å². The third-order valence-electron chi connectivity index (χ3n) is 8.82. The van der Waals surface area contributed by atoms with Crippen molar-refractivity contribution < 1.29 is 123 Å². The van der Waals surface area contributed by atoms with Crippen molar-refractivity contribution in [3.05, 3.63) is 11.1 Å². The van der Waals surface area contributed by atoms with E-state index in [1.807, 2.05) is 0 Å². The summed E-state index contributed by atoms with van der Waals surface area (Å²) in [6, 6.07) is 0. The van der Waals surface area contributed by atoms with Crippen molar-refractivity contribution in [3.63, 3.8) is 0 Å². The van der Waals surface area contributed by atoms with E-state index in [1.54, 1.807) is 48.5 Å². The van der Waals surface area contributed by atoms with Crippen LogP contribution in [0.1, 0.15) is 54.9 Å². The maximum absolute atomic E-state index is 13.7. The van der Waals surface area contributed by atoms with E-state index < -0.39 is 64.1 Å². The predicted octanol–water partition coefficient (Wildman–Crippen LogP) is 0.558. The molecule has 2 saturated carbocycles. The van der Waals surface area contributed by atoms with Crippen molar-refractivity contribution in [3.8, 4) is 0 Å². The standard InChI is InChI=1S/C22H36O7.2Ac/c1-10(12(3)23)15-16(25)18(26)20(6)13(24)8-14-22(28,9-29-14)17(20)11(2)21(7,27)19(15,4)5;;/h11-14,16-17,23-25,27-28H,8-9H2,1-7H3;;/b15-10-;;/t11-,12?,13?,14?,16?,17?,20+,21?,22?;;/m0../s1. The molecule has 3 aliphatic rings. The number of aliphatic hydroxyl groups is 5. The third kappa shape index (κ3) is 4.20. The Morgan fingerprint density at radius 2 is 1.65 bits per heavy atom. The van der Waals surface area contributed by atoms with Crippen LogP contribution in [-0.2, 0) is 9.53 Å². The van der Waals surface area contributed by atoms with E-state index in [2.05, 4.69) is 0 Å². The summed E-state index contributed by atoms with van der Waals surface area (Å²) >= 11 is 0. The van der Waals surface area contributed by atoms with E-state index in [1.165, 1.54) is 0 Å². The molecule has 0 aromatic carbocycles. The number of carbonyl (C=O) groups is 1. The first-order valence-corrected chi connectivity index (χ1v) is 10.4. The smallest absolute Gasteiger partial charge is 0.174 e. The summed E-state index contributed by atoms with van der Waals surface area (Å²) in [5.41, 5.74) is -4.75. The maximum atomic E-state index is 13.7. The molecule has 0 amide bonds. The topological polar surface area (TPSA) is 127 Å². The van der Waals surface area contributed by atoms with Crippen LogP contribution in [-0.4, -0.2) is 73.5 Å². The molecule has 1 saturated heterocycles. The molecule has 0 aromatic rings. The number of aliphatic hydroxyl groups excluding tert-OH is 3. The van der Waals surface area contributed by atoms with Gasteiger partial charge in [-0.05, 0) is 44.8 Å². The number of carbonyl (C=O) groups excluding carboxylic acids is 1. The molecule has 7 nitrogen and oxygen atoms in total. The minimum atomic E-state index is -1.62. The van der Waals surface area contributed by atoms with Crippen LogP contribution in [0.2, 0.25) is 0 Å². The van der Waals surface area contributed by atoms with E-state index in [-0.39, 0.29) is 107 Å². The van der Waals surface area contributed by atoms with Gasteiger partial charge in [0.25, 0.3) is 0 Å². The van der Waals surface area contributed by atoms with Crippen molar-refractivity contribution in [1.29, 1.82) is 0 Å². The SMILES string of the molecule is C/C(=C1\C(O)C(=O)[C@]2(C)C(O)CC3OCC3(O)C2[C@H](C)C(C)(O)C1(C)C)C(C)O.[Ac].[Ac].